The number of allylic oxidation sites excluding steroid dienone is 1. The maximum atomic E-state index is 2.42. The number of aromatic nitrogens is 1. The summed E-state index contributed by atoms with van der Waals surface area (Å²) in [6.45, 7) is 0. The SMILES string of the molecule is C1=Cc2c(c(-c3cccc4ccccc34)c3ccccc3c2-c2cccc(-n3c4ccccc4c4ccccc43)c2)CC1. The second kappa shape index (κ2) is 9.58. The Labute approximate surface area is 251 Å². The van der Waals surface area contributed by atoms with Crippen molar-refractivity contribution in [3.8, 4) is 27.9 Å². The Balaban J connectivity index is 1.35. The van der Waals surface area contributed by atoms with Crippen molar-refractivity contribution in [3.63, 3.8) is 0 Å². The monoisotopic (exact) mass is 547 g/mol. The molecule has 0 fully saturated rings. The first-order chi connectivity index (χ1) is 21.4. The topological polar surface area (TPSA) is 4.93 Å². The zero-order valence-corrected chi connectivity index (χ0v) is 23.8. The molecule has 0 bridgehead atoms. The van der Waals surface area contributed by atoms with Gasteiger partial charge in [0.25, 0.3) is 0 Å². The lowest BCUT2D eigenvalue weighted by atomic mass is 9.79. The standard InChI is InChI=1S/C42H29N/c1-2-17-31-28(13-1)14-12-24-34(31)42-37-22-5-3-20-35(37)41(36-21-4-6-23-38(36)42)29-15-11-16-30(27-29)43-39-25-9-7-18-32(39)33-19-8-10-26-40(33)43/h1-5,7-22,24-27H,6,23H2. The molecule has 0 amide bonds. The van der Waals surface area contributed by atoms with Crippen LogP contribution >= 0.6 is 0 Å². The smallest absolute Gasteiger partial charge is 0.0541 e. The fraction of sp³-hybridized carbons (Fsp3) is 0.0476. The van der Waals surface area contributed by atoms with Crippen LogP contribution in [-0.4, -0.2) is 4.57 Å². The zero-order chi connectivity index (χ0) is 28.3. The van der Waals surface area contributed by atoms with Crippen molar-refractivity contribution in [3.05, 3.63) is 157 Å². The molecule has 1 nitrogen and oxygen atoms in total. The molecule has 0 atom stereocenters. The molecular formula is C42H29N. The summed E-state index contributed by atoms with van der Waals surface area (Å²) >= 11 is 0. The molecule has 7 aromatic carbocycles. The zero-order valence-electron chi connectivity index (χ0n) is 23.8. The Morgan fingerprint density at radius 1 is 0.488 bits per heavy atom. The molecule has 0 saturated carbocycles. The maximum absolute atomic E-state index is 2.42. The number of hydrogen-bond donors (Lipinski definition) is 0. The van der Waals surface area contributed by atoms with E-state index < -0.39 is 0 Å². The van der Waals surface area contributed by atoms with Gasteiger partial charge in [-0.2, -0.15) is 0 Å². The van der Waals surface area contributed by atoms with E-state index in [1.54, 1.807) is 0 Å². The van der Waals surface area contributed by atoms with Gasteiger partial charge in [0.2, 0.25) is 0 Å². The fourth-order valence-electron chi connectivity index (χ4n) is 7.45. The summed E-state index contributed by atoms with van der Waals surface area (Å²) in [4.78, 5) is 0. The van der Waals surface area contributed by atoms with E-state index in [1.807, 2.05) is 0 Å². The van der Waals surface area contributed by atoms with Crippen LogP contribution in [0.2, 0.25) is 0 Å². The van der Waals surface area contributed by atoms with E-state index in [2.05, 4.69) is 156 Å². The Hall–Kier alpha value is -5.40. The predicted octanol–water partition coefficient (Wildman–Crippen LogP) is 11.4. The van der Waals surface area contributed by atoms with E-state index in [0.29, 0.717) is 0 Å². The number of rotatable bonds is 3. The van der Waals surface area contributed by atoms with Gasteiger partial charge in [-0.1, -0.05) is 127 Å². The van der Waals surface area contributed by atoms with Gasteiger partial charge in [0.05, 0.1) is 11.0 Å². The number of para-hydroxylation sites is 2. The fourth-order valence-corrected chi connectivity index (χ4v) is 7.45. The molecule has 1 heteroatoms. The van der Waals surface area contributed by atoms with Gasteiger partial charge >= 0.3 is 0 Å². The summed E-state index contributed by atoms with van der Waals surface area (Å²) in [6.07, 6.45) is 6.82. The van der Waals surface area contributed by atoms with Crippen LogP contribution in [0.3, 0.4) is 0 Å². The average molecular weight is 548 g/mol. The quantitative estimate of drug-likeness (QED) is 0.207. The Morgan fingerprint density at radius 3 is 1.86 bits per heavy atom. The lowest BCUT2D eigenvalue weighted by Gasteiger charge is -2.24. The van der Waals surface area contributed by atoms with Crippen LogP contribution in [0, 0.1) is 0 Å². The summed E-state index contributed by atoms with van der Waals surface area (Å²) in [5, 5.41) is 7.79. The summed E-state index contributed by atoms with van der Waals surface area (Å²) in [7, 11) is 0. The van der Waals surface area contributed by atoms with Crippen LogP contribution in [0.15, 0.2) is 146 Å². The third-order valence-electron chi connectivity index (χ3n) is 9.24. The van der Waals surface area contributed by atoms with Gasteiger partial charge in [0, 0.05) is 16.5 Å². The molecule has 0 spiro atoms. The van der Waals surface area contributed by atoms with Crippen molar-refractivity contribution < 1.29 is 0 Å². The summed E-state index contributed by atoms with van der Waals surface area (Å²) in [5.41, 5.74) is 11.8. The van der Waals surface area contributed by atoms with Gasteiger partial charge < -0.3 is 4.57 Å². The molecule has 0 radical (unpaired) electrons. The van der Waals surface area contributed by atoms with Gasteiger partial charge in [-0.3, -0.25) is 0 Å². The van der Waals surface area contributed by atoms with Gasteiger partial charge in [0.1, 0.15) is 0 Å². The number of fused-ring (bicyclic) bond motifs is 6. The van der Waals surface area contributed by atoms with Crippen LogP contribution in [0.25, 0.3) is 77.4 Å². The van der Waals surface area contributed by atoms with Crippen LogP contribution in [0.1, 0.15) is 17.5 Å². The highest BCUT2D eigenvalue weighted by Crippen LogP contribution is 2.46. The molecule has 202 valence electrons. The predicted molar refractivity (Wildman–Crippen MR) is 184 cm³/mol. The first-order valence-corrected chi connectivity index (χ1v) is 15.2. The van der Waals surface area contributed by atoms with E-state index in [1.165, 1.54) is 82.4 Å². The molecule has 8 aromatic rings. The van der Waals surface area contributed by atoms with E-state index in [0.717, 1.165) is 12.8 Å². The Bertz CT molecular complexity index is 2340. The first kappa shape index (κ1) is 24.2. The van der Waals surface area contributed by atoms with E-state index in [-0.39, 0.29) is 0 Å². The highest BCUT2D eigenvalue weighted by molar-refractivity contribution is 6.14. The molecule has 0 aliphatic heterocycles. The van der Waals surface area contributed by atoms with Gasteiger partial charge in [0.15, 0.2) is 0 Å². The van der Waals surface area contributed by atoms with Gasteiger partial charge in [-0.15, -0.1) is 0 Å². The summed E-state index contributed by atoms with van der Waals surface area (Å²) in [5.74, 6) is 0. The normalized spacial score (nSPS) is 12.8. The first-order valence-electron chi connectivity index (χ1n) is 15.2. The van der Waals surface area contributed by atoms with Crippen LogP contribution < -0.4 is 0 Å². The molecule has 0 saturated heterocycles. The molecule has 0 N–H and O–H groups in total. The third-order valence-corrected chi connectivity index (χ3v) is 9.24. The molecule has 1 aliphatic carbocycles. The summed E-state index contributed by atoms with van der Waals surface area (Å²) < 4.78 is 2.42. The number of nitrogens with zero attached hydrogens (tertiary/aromatic N) is 1. The second-order valence-electron chi connectivity index (χ2n) is 11.6. The van der Waals surface area contributed by atoms with Crippen molar-refractivity contribution in [2.75, 3.05) is 0 Å². The molecule has 43 heavy (non-hydrogen) atoms. The van der Waals surface area contributed by atoms with Crippen molar-refractivity contribution in [2.45, 2.75) is 12.8 Å². The Morgan fingerprint density at radius 2 is 1.09 bits per heavy atom. The largest absolute Gasteiger partial charge is 0.309 e. The van der Waals surface area contributed by atoms with Crippen molar-refractivity contribution >= 4 is 49.4 Å². The molecular weight excluding hydrogens is 518 g/mol. The van der Waals surface area contributed by atoms with Crippen molar-refractivity contribution in [1.82, 2.24) is 4.57 Å². The molecule has 1 aliphatic rings. The van der Waals surface area contributed by atoms with Crippen LogP contribution in [0.4, 0.5) is 0 Å². The highest BCUT2D eigenvalue weighted by atomic mass is 15.0. The third kappa shape index (κ3) is 3.65. The number of benzene rings is 7. The van der Waals surface area contributed by atoms with E-state index in [9.17, 15) is 0 Å². The van der Waals surface area contributed by atoms with Gasteiger partial charge in [-0.25, -0.2) is 0 Å². The van der Waals surface area contributed by atoms with E-state index >= 15 is 0 Å². The van der Waals surface area contributed by atoms with Crippen molar-refractivity contribution in [1.29, 1.82) is 0 Å². The lowest BCUT2D eigenvalue weighted by molar-refractivity contribution is 0.992. The minimum atomic E-state index is 1.04. The lowest BCUT2D eigenvalue weighted by Crippen LogP contribution is -2.03. The highest BCUT2D eigenvalue weighted by Gasteiger charge is 2.23. The van der Waals surface area contributed by atoms with Gasteiger partial charge in [-0.05, 0) is 92.0 Å². The van der Waals surface area contributed by atoms with Crippen LogP contribution in [-0.2, 0) is 6.42 Å². The maximum Gasteiger partial charge on any atom is 0.0541 e. The molecule has 9 rings (SSSR count). The summed E-state index contributed by atoms with van der Waals surface area (Å²) in [6, 6.07) is 51.2. The van der Waals surface area contributed by atoms with Crippen LogP contribution in [0.5, 0.6) is 0 Å². The second-order valence-corrected chi connectivity index (χ2v) is 11.6. The minimum absolute atomic E-state index is 1.04. The van der Waals surface area contributed by atoms with E-state index in [4.69, 9.17) is 0 Å². The number of hydrogen-bond acceptors (Lipinski definition) is 0. The molecule has 1 aromatic heterocycles. The average Bonchev–Trinajstić information content (AvgIpc) is 3.41. The molecule has 1 heterocycles. The Kier molecular flexibility index (Phi) is 5.39. The minimum Gasteiger partial charge on any atom is -0.309 e. The van der Waals surface area contributed by atoms with Crippen molar-refractivity contribution in [2.24, 2.45) is 0 Å². The molecule has 0 unspecified atom stereocenters.